The number of aromatic nitrogens is 1. The van der Waals surface area contributed by atoms with Crippen LogP contribution in [0.3, 0.4) is 0 Å². The highest BCUT2D eigenvalue weighted by molar-refractivity contribution is 6.36. The zero-order valence-electron chi connectivity index (χ0n) is 9.48. The number of carbonyl (C=O) groups excluding carboxylic acids is 1. The Balaban J connectivity index is 2.51. The lowest BCUT2D eigenvalue weighted by Crippen LogP contribution is -2.07. The van der Waals surface area contributed by atoms with Gasteiger partial charge in [0.1, 0.15) is 5.75 Å². The van der Waals surface area contributed by atoms with Crippen molar-refractivity contribution in [1.29, 1.82) is 0 Å². The highest BCUT2D eigenvalue weighted by Gasteiger charge is 2.18. The molecular weight excluding hydrogens is 273 g/mol. The molecule has 1 heterocycles. The Hall–Kier alpha value is -1.58. The smallest absolute Gasteiger partial charge is 0.216 e. The van der Waals surface area contributed by atoms with Gasteiger partial charge in [-0.15, -0.1) is 0 Å². The molecule has 5 heteroatoms. The minimum absolute atomic E-state index is 0.212. The quantitative estimate of drug-likeness (QED) is 0.807. The van der Waals surface area contributed by atoms with Gasteiger partial charge >= 0.3 is 0 Å². The third kappa shape index (κ3) is 2.47. The first-order chi connectivity index (χ1) is 8.63. The van der Waals surface area contributed by atoms with Gasteiger partial charge in [0.15, 0.2) is 5.69 Å². The van der Waals surface area contributed by atoms with Crippen LogP contribution in [0.25, 0.3) is 0 Å². The number of halogens is 2. The van der Waals surface area contributed by atoms with Crippen LogP contribution in [0, 0.1) is 0 Å². The Morgan fingerprint density at radius 3 is 2.78 bits per heavy atom. The molecule has 1 aromatic carbocycles. The van der Waals surface area contributed by atoms with Crippen molar-refractivity contribution in [1.82, 2.24) is 4.98 Å². The van der Waals surface area contributed by atoms with Gasteiger partial charge in [-0.3, -0.25) is 4.79 Å². The molecule has 0 aliphatic carbocycles. The van der Waals surface area contributed by atoms with Crippen molar-refractivity contribution in [2.24, 2.45) is 0 Å². The SMILES string of the molecule is COc1cccnc1C(=O)c1cc(Cl)ccc1Cl. The first-order valence-corrected chi connectivity index (χ1v) is 5.88. The molecule has 0 saturated carbocycles. The number of hydrogen-bond acceptors (Lipinski definition) is 3. The molecular formula is C13H9Cl2NO2. The minimum atomic E-state index is -0.319. The number of benzene rings is 1. The summed E-state index contributed by atoms with van der Waals surface area (Å²) in [6, 6.07) is 8.07. The second kappa shape index (κ2) is 5.38. The molecule has 0 amide bonds. The van der Waals surface area contributed by atoms with Gasteiger partial charge in [-0.25, -0.2) is 4.98 Å². The fourth-order valence-corrected chi connectivity index (χ4v) is 1.90. The number of nitrogens with zero attached hydrogens (tertiary/aromatic N) is 1. The van der Waals surface area contributed by atoms with Crippen LogP contribution in [0.5, 0.6) is 5.75 Å². The molecule has 0 unspecified atom stereocenters. The topological polar surface area (TPSA) is 39.2 Å². The van der Waals surface area contributed by atoms with Crippen LogP contribution >= 0.6 is 23.2 Å². The van der Waals surface area contributed by atoms with Crippen LogP contribution in [0.1, 0.15) is 16.1 Å². The second-order valence-corrected chi connectivity index (χ2v) is 4.35. The van der Waals surface area contributed by atoms with E-state index >= 15 is 0 Å². The predicted molar refractivity (Wildman–Crippen MR) is 70.7 cm³/mol. The molecule has 0 saturated heterocycles. The summed E-state index contributed by atoms with van der Waals surface area (Å²) in [7, 11) is 1.48. The van der Waals surface area contributed by atoms with Gasteiger partial charge in [0.05, 0.1) is 12.1 Å². The third-order valence-corrected chi connectivity index (χ3v) is 2.94. The van der Waals surface area contributed by atoms with Gasteiger partial charge in [0.2, 0.25) is 5.78 Å². The lowest BCUT2D eigenvalue weighted by atomic mass is 10.1. The van der Waals surface area contributed by atoms with Gasteiger partial charge in [-0.1, -0.05) is 23.2 Å². The number of carbonyl (C=O) groups is 1. The summed E-state index contributed by atoms with van der Waals surface area (Å²) in [5.74, 6) is 0.0819. The van der Waals surface area contributed by atoms with Crippen LogP contribution in [-0.4, -0.2) is 17.9 Å². The van der Waals surface area contributed by atoms with Crippen molar-refractivity contribution in [2.75, 3.05) is 7.11 Å². The second-order valence-electron chi connectivity index (χ2n) is 3.51. The van der Waals surface area contributed by atoms with Crippen LogP contribution in [0.15, 0.2) is 36.5 Å². The minimum Gasteiger partial charge on any atom is -0.494 e. The number of pyridine rings is 1. The van der Waals surface area contributed by atoms with Crippen LogP contribution in [0.4, 0.5) is 0 Å². The van der Waals surface area contributed by atoms with Crippen LogP contribution < -0.4 is 4.74 Å². The highest BCUT2D eigenvalue weighted by Crippen LogP contribution is 2.25. The fourth-order valence-electron chi connectivity index (χ4n) is 1.52. The molecule has 0 spiro atoms. The standard InChI is InChI=1S/C13H9Cl2NO2/c1-18-11-3-2-6-16-12(11)13(17)9-7-8(14)4-5-10(9)15/h2-7H,1H3. The summed E-state index contributed by atoms with van der Waals surface area (Å²) in [6.45, 7) is 0. The summed E-state index contributed by atoms with van der Waals surface area (Å²) < 4.78 is 5.10. The Labute approximate surface area is 114 Å². The van der Waals surface area contributed by atoms with Crippen molar-refractivity contribution < 1.29 is 9.53 Å². The molecule has 0 fully saturated rings. The van der Waals surface area contributed by atoms with Crippen LogP contribution in [0.2, 0.25) is 10.0 Å². The van der Waals surface area contributed by atoms with E-state index in [4.69, 9.17) is 27.9 Å². The molecule has 0 aliphatic heterocycles. The number of ketones is 1. The Bertz CT molecular complexity index is 599. The van der Waals surface area contributed by atoms with Crippen molar-refractivity contribution in [3.8, 4) is 5.75 Å². The molecule has 92 valence electrons. The zero-order valence-corrected chi connectivity index (χ0v) is 11.0. The Kier molecular flexibility index (Phi) is 3.84. The average molecular weight is 282 g/mol. The van der Waals surface area contributed by atoms with Crippen molar-refractivity contribution in [2.45, 2.75) is 0 Å². The number of rotatable bonds is 3. The van der Waals surface area contributed by atoms with Crippen molar-refractivity contribution in [3.05, 3.63) is 57.8 Å². The highest BCUT2D eigenvalue weighted by atomic mass is 35.5. The van der Waals surface area contributed by atoms with Gasteiger partial charge in [-0.05, 0) is 30.3 Å². The van der Waals surface area contributed by atoms with E-state index < -0.39 is 0 Å². The molecule has 1 aromatic heterocycles. The van der Waals surface area contributed by atoms with Gasteiger partial charge < -0.3 is 4.74 Å². The first-order valence-electron chi connectivity index (χ1n) is 5.12. The molecule has 3 nitrogen and oxygen atoms in total. The van der Waals surface area contributed by atoms with Gasteiger partial charge in [-0.2, -0.15) is 0 Å². The largest absolute Gasteiger partial charge is 0.494 e. The maximum Gasteiger partial charge on any atom is 0.216 e. The van der Waals surface area contributed by atoms with E-state index in [2.05, 4.69) is 4.98 Å². The summed E-state index contributed by atoms with van der Waals surface area (Å²) in [6.07, 6.45) is 1.52. The third-order valence-electron chi connectivity index (χ3n) is 2.38. The van der Waals surface area contributed by atoms with E-state index in [1.807, 2.05) is 0 Å². The first kappa shape index (κ1) is 12.9. The Morgan fingerprint density at radius 2 is 2.06 bits per heavy atom. The predicted octanol–water partition coefficient (Wildman–Crippen LogP) is 3.63. The lowest BCUT2D eigenvalue weighted by molar-refractivity contribution is 0.103. The maximum atomic E-state index is 12.3. The maximum absolute atomic E-state index is 12.3. The number of methoxy groups -OCH3 is 1. The summed E-state index contributed by atoms with van der Waals surface area (Å²) >= 11 is 11.8. The molecule has 0 atom stereocenters. The van der Waals surface area contributed by atoms with Gasteiger partial charge in [0.25, 0.3) is 0 Å². The number of hydrogen-bond donors (Lipinski definition) is 0. The summed E-state index contributed by atoms with van der Waals surface area (Å²) in [5, 5.41) is 0.773. The van der Waals surface area contributed by atoms with E-state index in [9.17, 15) is 4.79 Å². The zero-order chi connectivity index (χ0) is 13.1. The monoisotopic (exact) mass is 281 g/mol. The molecule has 2 rings (SSSR count). The van der Waals surface area contributed by atoms with Crippen molar-refractivity contribution in [3.63, 3.8) is 0 Å². The van der Waals surface area contributed by atoms with E-state index in [1.54, 1.807) is 24.3 Å². The normalized spacial score (nSPS) is 10.2. The summed E-state index contributed by atoms with van der Waals surface area (Å²) in [4.78, 5) is 16.3. The van der Waals surface area contributed by atoms with Gasteiger partial charge in [0, 0.05) is 16.8 Å². The average Bonchev–Trinajstić information content (AvgIpc) is 2.40. The van der Waals surface area contributed by atoms with Crippen molar-refractivity contribution >= 4 is 29.0 Å². The van der Waals surface area contributed by atoms with E-state index in [0.29, 0.717) is 21.4 Å². The molecule has 2 aromatic rings. The lowest BCUT2D eigenvalue weighted by Gasteiger charge is -2.07. The van der Waals surface area contributed by atoms with E-state index in [1.165, 1.54) is 19.4 Å². The molecule has 0 radical (unpaired) electrons. The molecule has 0 aliphatic rings. The van der Waals surface area contributed by atoms with Crippen LogP contribution in [-0.2, 0) is 0 Å². The fraction of sp³-hybridized carbons (Fsp3) is 0.0769. The molecule has 18 heavy (non-hydrogen) atoms. The molecule has 0 N–H and O–H groups in total. The summed E-state index contributed by atoms with van der Waals surface area (Å²) in [5.41, 5.74) is 0.519. The van der Waals surface area contributed by atoms with E-state index in [0.717, 1.165) is 0 Å². The molecule has 0 bridgehead atoms. The number of ether oxygens (including phenoxy) is 1. The van der Waals surface area contributed by atoms with E-state index in [-0.39, 0.29) is 11.5 Å². The Morgan fingerprint density at radius 1 is 1.28 bits per heavy atom.